The van der Waals surface area contributed by atoms with Crippen molar-refractivity contribution in [3.05, 3.63) is 66.1 Å². The number of phosphoric acid groups is 1. The number of hydrogen-bond acceptors (Lipinski definition) is 7. The zero-order chi connectivity index (χ0) is 27.3. The molecule has 1 aliphatic heterocycles. The maximum Gasteiger partial charge on any atom is 0.466 e. The average molecular weight is 542 g/mol. The number of amides is 1. The molecular formula is C25H28N5O7P. The van der Waals surface area contributed by atoms with Crippen LogP contribution in [0.3, 0.4) is 0 Å². The Morgan fingerprint density at radius 3 is 2.61 bits per heavy atom. The number of rotatable bonds is 6. The summed E-state index contributed by atoms with van der Waals surface area (Å²) in [7, 11) is -3.00. The summed E-state index contributed by atoms with van der Waals surface area (Å²) >= 11 is 0. The van der Waals surface area contributed by atoms with E-state index in [9.17, 15) is 4.79 Å². The predicted molar refractivity (Wildman–Crippen MR) is 138 cm³/mol. The molecule has 13 heteroatoms. The lowest BCUT2D eigenvalue weighted by Crippen LogP contribution is -2.28. The Morgan fingerprint density at radius 2 is 1.97 bits per heavy atom. The average Bonchev–Trinajstić information content (AvgIpc) is 3.52. The molecule has 38 heavy (non-hydrogen) atoms. The molecule has 0 radical (unpaired) electrons. The molecule has 1 saturated heterocycles. The zero-order valence-corrected chi connectivity index (χ0v) is 21.7. The van der Waals surface area contributed by atoms with Crippen molar-refractivity contribution >= 4 is 24.8 Å². The van der Waals surface area contributed by atoms with E-state index in [0.717, 1.165) is 47.4 Å². The van der Waals surface area contributed by atoms with Crippen LogP contribution >= 0.6 is 7.82 Å². The molecule has 4 N–H and O–H groups in total. The third-order valence-electron chi connectivity index (χ3n) is 5.85. The molecule has 0 aliphatic carbocycles. The summed E-state index contributed by atoms with van der Waals surface area (Å²) in [6.07, 6.45) is 5.26. The van der Waals surface area contributed by atoms with E-state index in [0.29, 0.717) is 23.9 Å². The normalized spacial score (nSPS) is 15.3. The van der Waals surface area contributed by atoms with Crippen LogP contribution in [0.15, 0.2) is 54.9 Å². The first-order valence-electron chi connectivity index (χ1n) is 11.7. The van der Waals surface area contributed by atoms with E-state index in [1.54, 1.807) is 26.4 Å². The number of fused-ring (bicyclic) bond motifs is 1. The Hall–Kier alpha value is -3.67. The van der Waals surface area contributed by atoms with Crippen molar-refractivity contribution in [2.45, 2.75) is 32.4 Å². The number of nitrogens with one attached hydrogen (secondary N) is 1. The van der Waals surface area contributed by atoms with Gasteiger partial charge in [0, 0.05) is 38.4 Å². The molecular weight excluding hydrogens is 513 g/mol. The van der Waals surface area contributed by atoms with Gasteiger partial charge in [-0.25, -0.2) is 9.55 Å². The van der Waals surface area contributed by atoms with Crippen LogP contribution in [0.2, 0.25) is 0 Å². The lowest BCUT2D eigenvalue weighted by molar-refractivity contribution is -0.129. The Bertz CT molecular complexity index is 1430. The number of aromatic amines is 1. The van der Waals surface area contributed by atoms with Gasteiger partial charge >= 0.3 is 7.82 Å². The number of likely N-dealkylation sites (tertiary alicyclic amines) is 1. The fourth-order valence-corrected chi connectivity index (χ4v) is 4.33. The first kappa shape index (κ1) is 27.4. The Morgan fingerprint density at radius 1 is 1.18 bits per heavy atom. The zero-order valence-electron chi connectivity index (χ0n) is 20.8. The summed E-state index contributed by atoms with van der Waals surface area (Å²) in [4.78, 5) is 52.7. The number of H-pyrrole nitrogens is 1. The highest BCUT2D eigenvalue weighted by Crippen LogP contribution is 2.41. The van der Waals surface area contributed by atoms with E-state index in [4.69, 9.17) is 33.7 Å². The summed E-state index contributed by atoms with van der Waals surface area (Å²) < 4.78 is 20.3. The van der Waals surface area contributed by atoms with Gasteiger partial charge in [0.25, 0.3) is 0 Å². The molecule has 12 nitrogen and oxygen atoms in total. The maximum absolute atomic E-state index is 12.3. The summed E-state index contributed by atoms with van der Waals surface area (Å²) in [6, 6.07) is 13.4. The largest absolute Gasteiger partial charge is 0.466 e. The molecule has 4 aromatic rings. The minimum Gasteiger partial charge on any atom is -0.455 e. The molecule has 1 atom stereocenters. The third-order valence-corrected chi connectivity index (χ3v) is 5.85. The molecule has 5 rings (SSSR count). The van der Waals surface area contributed by atoms with E-state index in [1.165, 1.54) is 0 Å². The summed E-state index contributed by atoms with van der Waals surface area (Å²) in [5.74, 6) is 2.03. The van der Waals surface area contributed by atoms with Crippen LogP contribution < -0.4 is 4.74 Å². The van der Waals surface area contributed by atoms with Gasteiger partial charge in [0.2, 0.25) is 5.91 Å². The van der Waals surface area contributed by atoms with Crippen LogP contribution in [-0.2, 0) is 20.7 Å². The Balaban J connectivity index is 0.000000617. The molecule has 200 valence electrons. The van der Waals surface area contributed by atoms with Gasteiger partial charge in [0.05, 0.1) is 35.6 Å². The van der Waals surface area contributed by atoms with Crippen molar-refractivity contribution in [1.29, 1.82) is 0 Å². The second-order valence-electron chi connectivity index (χ2n) is 8.61. The number of hydrogen-bond donors (Lipinski definition) is 4. The number of aromatic nitrogens is 4. The van der Waals surface area contributed by atoms with Crippen LogP contribution in [0, 0.1) is 0 Å². The number of carbonyl (C=O) groups excluding carboxylic acids is 1. The van der Waals surface area contributed by atoms with Gasteiger partial charge < -0.3 is 34.0 Å². The van der Waals surface area contributed by atoms with Gasteiger partial charge in [-0.05, 0) is 43.2 Å². The first-order valence-corrected chi connectivity index (χ1v) is 13.3. The highest BCUT2D eigenvalue weighted by Gasteiger charge is 2.31. The van der Waals surface area contributed by atoms with E-state index < -0.39 is 7.82 Å². The van der Waals surface area contributed by atoms with Gasteiger partial charge in [-0.2, -0.15) is 0 Å². The predicted octanol–water partition coefficient (Wildman–Crippen LogP) is 3.71. The number of nitrogens with zero attached hydrogens (tertiary/aromatic N) is 4. The quantitative estimate of drug-likeness (QED) is 0.264. The van der Waals surface area contributed by atoms with Crippen LogP contribution in [0.1, 0.15) is 37.1 Å². The minimum absolute atomic E-state index is 0.0516. The van der Waals surface area contributed by atoms with Crippen molar-refractivity contribution in [2.75, 3.05) is 13.7 Å². The number of ether oxygens (including phenoxy) is 2. The number of carbonyl (C=O) groups is 1. The summed E-state index contributed by atoms with van der Waals surface area (Å²) in [5.41, 5.74) is 4.19. The van der Waals surface area contributed by atoms with Crippen molar-refractivity contribution in [3.63, 3.8) is 0 Å². The summed E-state index contributed by atoms with van der Waals surface area (Å²) in [5, 5.41) is 0. The Labute approximate surface area is 218 Å². The molecule has 0 spiro atoms. The van der Waals surface area contributed by atoms with Crippen molar-refractivity contribution < 1.29 is 33.5 Å². The van der Waals surface area contributed by atoms with Crippen LogP contribution in [-0.4, -0.2) is 59.1 Å². The van der Waals surface area contributed by atoms with E-state index in [2.05, 4.69) is 15.0 Å². The van der Waals surface area contributed by atoms with Gasteiger partial charge in [-0.1, -0.05) is 6.07 Å². The molecule has 0 unspecified atom stereocenters. The van der Waals surface area contributed by atoms with Crippen molar-refractivity contribution in [3.8, 4) is 23.0 Å². The van der Waals surface area contributed by atoms with Crippen molar-refractivity contribution in [1.82, 2.24) is 24.8 Å². The topological polar surface area (TPSA) is 171 Å². The van der Waals surface area contributed by atoms with Crippen LogP contribution in [0.4, 0.5) is 0 Å². The second-order valence-corrected chi connectivity index (χ2v) is 9.64. The second kappa shape index (κ2) is 11.8. The van der Waals surface area contributed by atoms with Gasteiger partial charge in [-0.15, -0.1) is 0 Å². The molecule has 3 aromatic heterocycles. The number of benzene rings is 1. The fourth-order valence-electron chi connectivity index (χ4n) is 4.33. The molecule has 1 aromatic carbocycles. The monoisotopic (exact) mass is 541 g/mol. The smallest absolute Gasteiger partial charge is 0.455 e. The SMILES string of the molecule is COCc1ccc(Oc2cc3nc(-c4ccccn4)[nH]c3cc2[C@H]2CCCN2C(C)=O)cn1.O=P(O)(O)O. The lowest BCUT2D eigenvalue weighted by Gasteiger charge is -2.25. The van der Waals surface area contributed by atoms with Crippen LogP contribution in [0.5, 0.6) is 11.5 Å². The van der Waals surface area contributed by atoms with Gasteiger partial charge in [-0.3, -0.25) is 14.8 Å². The molecule has 1 aliphatic rings. The molecule has 4 heterocycles. The molecule has 1 amide bonds. The first-order chi connectivity index (χ1) is 18.1. The number of pyridine rings is 2. The van der Waals surface area contributed by atoms with E-state index >= 15 is 0 Å². The van der Waals surface area contributed by atoms with E-state index in [1.807, 2.05) is 47.4 Å². The van der Waals surface area contributed by atoms with Gasteiger partial charge in [0.15, 0.2) is 5.82 Å². The third kappa shape index (κ3) is 7.00. The van der Waals surface area contributed by atoms with Crippen LogP contribution in [0.25, 0.3) is 22.6 Å². The van der Waals surface area contributed by atoms with Crippen molar-refractivity contribution in [2.24, 2.45) is 0 Å². The van der Waals surface area contributed by atoms with E-state index in [-0.39, 0.29) is 11.9 Å². The van der Waals surface area contributed by atoms with Gasteiger partial charge in [0.1, 0.15) is 17.2 Å². The number of methoxy groups -OCH3 is 1. The number of imidazole rings is 1. The molecule has 0 bridgehead atoms. The molecule has 1 fully saturated rings. The highest BCUT2D eigenvalue weighted by atomic mass is 31.2. The maximum atomic E-state index is 12.3. The fraction of sp³-hybridized carbons (Fsp3) is 0.280. The standard InChI is InChI=1S/C25H25N5O3.H3O4P/c1-16(31)30-11-5-7-23(30)19-12-21-22(29-25(28-21)20-6-3-4-10-26-20)13-24(19)33-18-9-8-17(15-32-2)27-14-18;1-5(2,3)4/h3-4,6,8-10,12-14,23H,5,7,11,15H2,1-2H3,(H,28,29);(H3,1,2,3,4)/t23-;/m1./s1. The molecule has 0 saturated carbocycles. The highest BCUT2D eigenvalue weighted by molar-refractivity contribution is 7.45. The Kier molecular flexibility index (Phi) is 8.50. The summed E-state index contributed by atoms with van der Waals surface area (Å²) in [6.45, 7) is 2.80. The lowest BCUT2D eigenvalue weighted by atomic mass is 10.0. The minimum atomic E-state index is -4.64.